The lowest BCUT2D eigenvalue weighted by molar-refractivity contribution is 0.0183. The lowest BCUT2D eigenvalue weighted by atomic mass is 9.96. The van der Waals surface area contributed by atoms with Gasteiger partial charge in [-0.1, -0.05) is 0 Å². The fourth-order valence-electron chi connectivity index (χ4n) is 2.41. The zero-order valence-corrected chi connectivity index (χ0v) is 12.4. The number of amides is 1. The van der Waals surface area contributed by atoms with Gasteiger partial charge in [0.15, 0.2) is 0 Å². The highest BCUT2D eigenvalue weighted by Crippen LogP contribution is 2.19. The minimum Gasteiger partial charge on any atom is -0.444 e. The van der Waals surface area contributed by atoms with E-state index in [1.165, 1.54) is 0 Å². The normalized spacial score (nSPS) is 22.2. The van der Waals surface area contributed by atoms with Crippen LogP contribution < -0.4 is 10.6 Å². The Balaban J connectivity index is 1.65. The van der Waals surface area contributed by atoms with Gasteiger partial charge in [0.2, 0.25) is 0 Å². The summed E-state index contributed by atoms with van der Waals surface area (Å²) >= 11 is 0. The fourth-order valence-corrected chi connectivity index (χ4v) is 2.41. The van der Waals surface area contributed by atoms with Crippen LogP contribution in [0.2, 0.25) is 0 Å². The summed E-state index contributed by atoms with van der Waals surface area (Å²) in [5.41, 5.74) is -0.396. The summed E-state index contributed by atoms with van der Waals surface area (Å²) in [7, 11) is 0. The van der Waals surface area contributed by atoms with E-state index in [9.17, 15) is 4.79 Å². The summed E-state index contributed by atoms with van der Waals surface area (Å²) in [5, 5.41) is 6.83. The van der Waals surface area contributed by atoms with Crippen molar-refractivity contribution in [2.75, 3.05) is 32.7 Å². The van der Waals surface area contributed by atoms with Crippen molar-refractivity contribution >= 4 is 6.09 Å². The number of rotatable bonds is 3. The van der Waals surface area contributed by atoms with E-state index >= 15 is 0 Å². The molecule has 5 heteroatoms. The van der Waals surface area contributed by atoms with E-state index in [-0.39, 0.29) is 6.09 Å². The lowest BCUT2D eigenvalue weighted by Crippen LogP contribution is -2.56. The number of ether oxygens (including phenoxy) is 1. The molecule has 0 aliphatic carbocycles. The minimum absolute atomic E-state index is 0.165. The number of likely N-dealkylation sites (tertiary alicyclic amines) is 1. The molecular weight excluding hydrogens is 242 g/mol. The van der Waals surface area contributed by atoms with Gasteiger partial charge in [0.1, 0.15) is 5.60 Å². The standard InChI is InChI=1S/C14H27N3O2/c1-14(2,3)19-13(18)17-6-4-11(5-7-17)8-16-12-9-15-10-12/h11-12,15-16H,4-10H2,1-3H3. The molecule has 0 radical (unpaired) electrons. The third kappa shape index (κ3) is 4.66. The van der Waals surface area contributed by atoms with E-state index in [0.717, 1.165) is 45.6 Å². The molecule has 2 fully saturated rings. The molecule has 1 amide bonds. The number of carbonyl (C=O) groups excluding carboxylic acids is 1. The van der Waals surface area contributed by atoms with Crippen LogP contribution in [-0.2, 0) is 4.74 Å². The summed E-state index contributed by atoms with van der Waals surface area (Å²) in [6, 6.07) is 0.656. The van der Waals surface area contributed by atoms with Crippen molar-refractivity contribution in [3.05, 3.63) is 0 Å². The number of piperidine rings is 1. The first kappa shape index (κ1) is 14.6. The van der Waals surface area contributed by atoms with E-state index in [1.54, 1.807) is 0 Å². The van der Waals surface area contributed by atoms with Crippen LogP contribution in [0.25, 0.3) is 0 Å². The summed E-state index contributed by atoms with van der Waals surface area (Å²) in [6.45, 7) is 10.6. The van der Waals surface area contributed by atoms with Gasteiger partial charge in [-0.3, -0.25) is 0 Å². The van der Waals surface area contributed by atoms with Crippen molar-refractivity contribution in [1.29, 1.82) is 0 Å². The molecule has 2 heterocycles. The van der Waals surface area contributed by atoms with Crippen molar-refractivity contribution in [2.24, 2.45) is 5.92 Å². The Bertz CT molecular complexity index is 302. The number of hydrogen-bond donors (Lipinski definition) is 2. The van der Waals surface area contributed by atoms with E-state index in [1.807, 2.05) is 25.7 Å². The monoisotopic (exact) mass is 269 g/mol. The first-order valence-electron chi connectivity index (χ1n) is 7.36. The Labute approximate surface area is 116 Å². The zero-order chi connectivity index (χ0) is 13.9. The van der Waals surface area contributed by atoms with Crippen molar-refractivity contribution in [2.45, 2.75) is 45.3 Å². The molecule has 0 bridgehead atoms. The van der Waals surface area contributed by atoms with Gasteiger partial charge < -0.3 is 20.3 Å². The molecule has 0 atom stereocenters. The van der Waals surface area contributed by atoms with Gasteiger partial charge in [-0.05, 0) is 46.1 Å². The fraction of sp³-hybridized carbons (Fsp3) is 0.929. The molecule has 2 aliphatic heterocycles. The van der Waals surface area contributed by atoms with Crippen LogP contribution in [0, 0.1) is 5.92 Å². The smallest absolute Gasteiger partial charge is 0.410 e. The van der Waals surface area contributed by atoms with E-state index < -0.39 is 5.60 Å². The molecule has 0 aromatic rings. The Morgan fingerprint density at radius 2 is 1.95 bits per heavy atom. The number of nitrogens with one attached hydrogen (secondary N) is 2. The summed E-state index contributed by atoms with van der Waals surface area (Å²) in [6.07, 6.45) is 1.99. The predicted octanol–water partition coefficient (Wildman–Crippen LogP) is 1.19. The Morgan fingerprint density at radius 3 is 2.42 bits per heavy atom. The molecule has 0 saturated carbocycles. The van der Waals surface area contributed by atoms with Crippen molar-refractivity contribution < 1.29 is 9.53 Å². The van der Waals surface area contributed by atoms with Crippen molar-refractivity contribution in [3.8, 4) is 0 Å². The molecule has 110 valence electrons. The van der Waals surface area contributed by atoms with Gasteiger partial charge in [-0.2, -0.15) is 0 Å². The Morgan fingerprint density at radius 1 is 1.32 bits per heavy atom. The Hall–Kier alpha value is -0.810. The molecule has 2 saturated heterocycles. The quantitative estimate of drug-likeness (QED) is 0.808. The maximum atomic E-state index is 11.9. The SMILES string of the molecule is CC(C)(C)OC(=O)N1CCC(CNC2CNC2)CC1. The molecule has 5 nitrogen and oxygen atoms in total. The number of hydrogen-bond acceptors (Lipinski definition) is 4. The van der Waals surface area contributed by atoms with Gasteiger partial charge in [-0.25, -0.2) is 4.79 Å². The van der Waals surface area contributed by atoms with Crippen LogP contribution in [-0.4, -0.2) is 55.4 Å². The summed E-state index contributed by atoms with van der Waals surface area (Å²) in [5.74, 6) is 0.694. The molecule has 2 N–H and O–H groups in total. The second-order valence-electron chi connectivity index (χ2n) is 6.67. The molecule has 0 aromatic carbocycles. The molecular formula is C14H27N3O2. The van der Waals surface area contributed by atoms with Crippen LogP contribution >= 0.6 is 0 Å². The van der Waals surface area contributed by atoms with Crippen molar-refractivity contribution in [1.82, 2.24) is 15.5 Å². The van der Waals surface area contributed by atoms with E-state index in [0.29, 0.717) is 12.0 Å². The van der Waals surface area contributed by atoms with Gasteiger partial charge in [0.25, 0.3) is 0 Å². The number of carbonyl (C=O) groups is 1. The summed E-state index contributed by atoms with van der Waals surface area (Å²) in [4.78, 5) is 13.8. The minimum atomic E-state index is -0.396. The molecule has 2 aliphatic rings. The van der Waals surface area contributed by atoms with Crippen molar-refractivity contribution in [3.63, 3.8) is 0 Å². The lowest BCUT2D eigenvalue weighted by Gasteiger charge is -2.35. The highest BCUT2D eigenvalue weighted by Gasteiger charge is 2.27. The van der Waals surface area contributed by atoms with Crippen LogP contribution in [0.4, 0.5) is 4.79 Å². The first-order chi connectivity index (χ1) is 8.94. The second-order valence-corrected chi connectivity index (χ2v) is 6.67. The van der Waals surface area contributed by atoms with Gasteiger partial charge in [0.05, 0.1) is 0 Å². The van der Waals surface area contributed by atoms with Crippen LogP contribution in [0.15, 0.2) is 0 Å². The average molecular weight is 269 g/mol. The molecule has 2 rings (SSSR count). The molecule has 19 heavy (non-hydrogen) atoms. The molecule has 0 unspecified atom stereocenters. The van der Waals surface area contributed by atoms with Gasteiger partial charge in [-0.15, -0.1) is 0 Å². The average Bonchev–Trinajstić information content (AvgIpc) is 2.25. The maximum Gasteiger partial charge on any atom is 0.410 e. The van der Waals surface area contributed by atoms with E-state index in [4.69, 9.17) is 4.74 Å². The third-order valence-electron chi connectivity index (χ3n) is 3.74. The van der Waals surface area contributed by atoms with Crippen LogP contribution in [0.1, 0.15) is 33.6 Å². The van der Waals surface area contributed by atoms with Crippen LogP contribution in [0.3, 0.4) is 0 Å². The van der Waals surface area contributed by atoms with Crippen LogP contribution in [0.5, 0.6) is 0 Å². The predicted molar refractivity (Wildman–Crippen MR) is 75.2 cm³/mol. The topological polar surface area (TPSA) is 53.6 Å². The maximum absolute atomic E-state index is 11.9. The Kier molecular flexibility index (Phi) is 4.68. The van der Waals surface area contributed by atoms with Gasteiger partial charge in [0, 0.05) is 32.2 Å². The van der Waals surface area contributed by atoms with E-state index in [2.05, 4.69) is 10.6 Å². The third-order valence-corrected chi connectivity index (χ3v) is 3.74. The zero-order valence-electron chi connectivity index (χ0n) is 12.4. The largest absolute Gasteiger partial charge is 0.444 e. The first-order valence-corrected chi connectivity index (χ1v) is 7.36. The highest BCUT2D eigenvalue weighted by molar-refractivity contribution is 5.68. The summed E-state index contributed by atoms with van der Waals surface area (Å²) < 4.78 is 5.40. The van der Waals surface area contributed by atoms with Gasteiger partial charge >= 0.3 is 6.09 Å². The molecule has 0 spiro atoms. The highest BCUT2D eigenvalue weighted by atomic mass is 16.6. The second kappa shape index (κ2) is 6.09. The molecule has 0 aromatic heterocycles. The number of nitrogens with zero attached hydrogens (tertiary/aromatic N) is 1.